The van der Waals surface area contributed by atoms with E-state index in [0.717, 1.165) is 32.6 Å². The number of aromatic nitrogens is 4. The van der Waals surface area contributed by atoms with E-state index in [-0.39, 0.29) is 12.0 Å². The molecule has 1 N–H and O–H groups in total. The molecule has 134 valence electrons. The maximum Gasteiger partial charge on any atom is 0.323 e. The van der Waals surface area contributed by atoms with Crippen LogP contribution in [-0.4, -0.2) is 68.9 Å². The Kier molecular flexibility index (Phi) is 5.44. The first-order valence-corrected chi connectivity index (χ1v) is 8.27. The quantitative estimate of drug-likeness (QED) is 0.888. The Bertz CT molecular complexity index is 718. The highest BCUT2D eigenvalue weighted by atomic mass is 16.5. The van der Waals surface area contributed by atoms with Crippen LogP contribution in [0.1, 0.15) is 12.0 Å². The van der Waals surface area contributed by atoms with Crippen LogP contribution in [0.3, 0.4) is 0 Å². The Morgan fingerprint density at radius 1 is 1.32 bits per heavy atom. The van der Waals surface area contributed by atoms with Crippen molar-refractivity contribution in [1.82, 2.24) is 29.5 Å². The van der Waals surface area contributed by atoms with Crippen LogP contribution in [0, 0.1) is 0 Å². The van der Waals surface area contributed by atoms with Gasteiger partial charge >= 0.3 is 12.0 Å². The number of anilines is 1. The van der Waals surface area contributed by atoms with Crippen LogP contribution in [0.4, 0.5) is 10.6 Å². The number of hydrogen-bond donors (Lipinski definition) is 1. The highest BCUT2D eigenvalue weighted by molar-refractivity contribution is 5.88. The van der Waals surface area contributed by atoms with E-state index in [1.54, 1.807) is 12.3 Å². The van der Waals surface area contributed by atoms with Crippen molar-refractivity contribution in [3.63, 3.8) is 0 Å². The molecular weight excluding hydrogens is 322 g/mol. The van der Waals surface area contributed by atoms with Gasteiger partial charge in [0.15, 0.2) is 0 Å². The van der Waals surface area contributed by atoms with Gasteiger partial charge in [-0.15, -0.1) is 0 Å². The van der Waals surface area contributed by atoms with Gasteiger partial charge in [0.25, 0.3) is 0 Å². The zero-order valence-electron chi connectivity index (χ0n) is 14.6. The number of carbonyl (C=O) groups is 1. The zero-order chi connectivity index (χ0) is 17.6. The van der Waals surface area contributed by atoms with Gasteiger partial charge in [-0.2, -0.15) is 10.1 Å². The molecule has 0 radical (unpaired) electrons. The van der Waals surface area contributed by atoms with Crippen LogP contribution in [0.25, 0.3) is 0 Å². The molecule has 2 aromatic rings. The lowest BCUT2D eigenvalue weighted by atomic mass is 10.3. The summed E-state index contributed by atoms with van der Waals surface area (Å²) in [5.74, 6) is 0.438. The largest absolute Gasteiger partial charge is 0.467 e. The van der Waals surface area contributed by atoms with E-state index in [0.29, 0.717) is 12.4 Å². The summed E-state index contributed by atoms with van der Waals surface area (Å²) in [4.78, 5) is 24.7. The minimum atomic E-state index is -0.149. The molecule has 9 heteroatoms. The zero-order valence-corrected chi connectivity index (χ0v) is 14.6. The summed E-state index contributed by atoms with van der Waals surface area (Å²) in [5, 5.41) is 7.01. The van der Waals surface area contributed by atoms with Crippen molar-refractivity contribution in [2.75, 3.05) is 38.6 Å². The van der Waals surface area contributed by atoms with Gasteiger partial charge in [0.1, 0.15) is 5.82 Å². The van der Waals surface area contributed by atoms with Gasteiger partial charge in [-0.25, -0.2) is 9.78 Å². The topological polar surface area (TPSA) is 88.4 Å². The van der Waals surface area contributed by atoms with Gasteiger partial charge in [0.05, 0.1) is 13.3 Å². The fourth-order valence-electron chi connectivity index (χ4n) is 2.84. The fraction of sp³-hybridized carbons (Fsp3) is 0.500. The van der Waals surface area contributed by atoms with E-state index in [4.69, 9.17) is 4.74 Å². The van der Waals surface area contributed by atoms with Gasteiger partial charge in [0.2, 0.25) is 0 Å². The lowest BCUT2D eigenvalue weighted by Gasteiger charge is -2.21. The molecule has 9 nitrogen and oxygen atoms in total. The third-order valence-corrected chi connectivity index (χ3v) is 4.09. The van der Waals surface area contributed by atoms with E-state index in [1.165, 1.54) is 12.7 Å². The Balaban J connectivity index is 1.54. The highest BCUT2D eigenvalue weighted by Crippen LogP contribution is 2.11. The van der Waals surface area contributed by atoms with Gasteiger partial charge in [-0.1, -0.05) is 0 Å². The number of ether oxygens (including phenoxy) is 1. The van der Waals surface area contributed by atoms with E-state index in [1.807, 2.05) is 29.0 Å². The highest BCUT2D eigenvalue weighted by Gasteiger charge is 2.20. The summed E-state index contributed by atoms with van der Waals surface area (Å²) in [6.07, 6.45) is 6.40. The van der Waals surface area contributed by atoms with Gasteiger partial charge < -0.3 is 9.64 Å². The second-order valence-electron chi connectivity index (χ2n) is 6.00. The number of nitrogens with one attached hydrogen (secondary N) is 1. The van der Waals surface area contributed by atoms with Crippen molar-refractivity contribution < 1.29 is 9.53 Å². The second-order valence-corrected chi connectivity index (χ2v) is 6.00. The minimum absolute atomic E-state index is 0.149. The van der Waals surface area contributed by atoms with Crippen molar-refractivity contribution in [3.05, 3.63) is 30.2 Å². The second kappa shape index (κ2) is 7.93. The predicted octanol–water partition coefficient (Wildman–Crippen LogP) is 0.958. The molecule has 0 aliphatic carbocycles. The Morgan fingerprint density at radius 3 is 2.96 bits per heavy atom. The molecule has 1 aliphatic rings. The van der Waals surface area contributed by atoms with Crippen LogP contribution < -0.4 is 10.1 Å². The fourth-order valence-corrected chi connectivity index (χ4v) is 2.84. The van der Waals surface area contributed by atoms with Crippen molar-refractivity contribution in [2.45, 2.75) is 13.0 Å². The Hall–Kier alpha value is -2.68. The lowest BCUT2D eigenvalue weighted by molar-refractivity contribution is 0.211. The standard InChI is InChI=1S/C16H23N7O2/c1-21-11-13(10-18-21)12-22-6-3-7-23(9-8-22)16(24)20-14-4-5-17-15(19-14)25-2/h4-5,10-11H,3,6-9,12H2,1-2H3,(H,17,19,20,24). The number of hydrogen-bond acceptors (Lipinski definition) is 6. The Morgan fingerprint density at radius 2 is 2.20 bits per heavy atom. The van der Waals surface area contributed by atoms with Crippen LogP contribution in [-0.2, 0) is 13.6 Å². The molecule has 3 rings (SSSR count). The number of aryl methyl sites for hydroxylation is 1. The molecule has 0 bridgehead atoms. The molecule has 0 aromatic carbocycles. The van der Waals surface area contributed by atoms with Crippen molar-refractivity contribution in [2.24, 2.45) is 7.05 Å². The SMILES string of the molecule is COc1nccc(NC(=O)N2CCCN(Cc3cnn(C)c3)CC2)n1. The van der Waals surface area contributed by atoms with E-state index >= 15 is 0 Å². The van der Waals surface area contributed by atoms with E-state index in [2.05, 4.69) is 25.3 Å². The number of nitrogens with zero attached hydrogens (tertiary/aromatic N) is 6. The molecule has 0 spiro atoms. The smallest absolute Gasteiger partial charge is 0.323 e. The number of urea groups is 1. The first-order valence-electron chi connectivity index (χ1n) is 8.27. The number of carbonyl (C=O) groups excluding carboxylic acids is 1. The lowest BCUT2D eigenvalue weighted by Crippen LogP contribution is -2.38. The van der Waals surface area contributed by atoms with Gasteiger partial charge in [0, 0.05) is 57.7 Å². The molecule has 0 unspecified atom stereocenters. The first-order chi connectivity index (χ1) is 12.1. The summed E-state index contributed by atoms with van der Waals surface area (Å²) >= 11 is 0. The number of rotatable bonds is 4. The molecule has 2 amide bonds. The van der Waals surface area contributed by atoms with Crippen molar-refractivity contribution in [1.29, 1.82) is 0 Å². The average Bonchev–Trinajstić information content (AvgIpc) is 2.88. The van der Waals surface area contributed by atoms with Crippen molar-refractivity contribution in [3.8, 4) is 6.01 Å². The normalized spacial score (nSPS) is 15.7. The van der Waals surface area contributed by atoms with Crippen LogP contribution >= 0.6 is 0 Å². The molecule has 0 atom stereocenters. The predicted molar refractivity (Wildman–Crippen MR) is 92.3 cm³/mol. The third-order valence-electron chi connectivity index (χ3n) is 4.09. The maximum absolute atomic E-state index is 12.5. The summed E-state index contributed by atoms with van der Waals surface area (Å²) in [5.41, 5.74) is 1.19. The summed E-state index contributed by atoms with van der Waals surface area (Å²) in [7, 11) is 3.41. The summed E-state index contributed by atoms with van der Waals surface area (Å²) in [6, 6.07) is 1.73. The minimum Gasteiger partial charge on any atom is -0.467 e. The van der Waals surface area contributed by atoms with Crippen LogP contribution in [0.2, 0.25) is 0 Å². The summed E-state index contributed by atoms with van der Waals surface area (Å²) < 4.78 is 6.78. The molecule has 2 aromatic heterocycles. The molecule has 1 aliphatic heterocycles. The molecule has 25 heavy (non-hydrogen) atoms. The van der Waals surface area contributed by atoms with Gasteiger partial charge in [-0.3, -0.25) is 14.9 Å². The molecular formula is C16H23N7O2. The monoisotopic (exact) mass is 345 g/mol. The number of amides is 2. The molecule has 1 fully saturated rings. The van der Waals surface area contributed by atoms with Gasteiger partial charge in [-0.05, 0) is 12.5 Å². The van der Waals surface area contributed by atoms with Crippen LogP contribution in [0.15, 0.2) is 24.7 Å². The molecule has 3 heterocycles. The maximum atomic E-state index is 12.5. The average molecular weight is 345 g/mol. The van der Waals surface area contributed by atoms with Crippen LogP contribution in [0.5, 0.6) is 6.01 Å². The molecule has 1 saturated heterocycles. The third kappa shape index (κ3) is 4.66. The van der Waals surface area contributed by atoms with E-state index < -0.39 is 0 Å². The first kappa shape index (κ1) is 17.2. The molecule has 0 saturated carbocycles. The van der Waals surface area contributed by atoms with Crippen molar-refractivity contribution >= 4 is 11.8 Å². The number of methoxy groups -OCH3 is 1. The van der Waals surface area contributed by atoms with E-state index in [9.17, 15) is 4.79 Å². The summed E-state index contributed by atoms with van der Waals surface area (Å²) in [6.45, 7) is 4.04. The Labute approximate surface area is 146 Å².